The number of amides is 1. The summed E-state index contributed by atoms with van der Waals surface area (Å²) in [7, 11) is 0. The van der Waals surface area contributed by atoms with Crippen molar-refractivity contribution in [3.05, 3.63) is 65.4 Å². The molecule has 0 unspecified atom stereocenters. The van der Waals surface area contributed by atoms with Crippen LogP contribution in [0.15, 0.2) is 42.5 Å². The van der Waals surface area contributed by atoms with E-state index in [1.54, 1.807) is 16.8 Å². The zero-order valence-corrected chi connectivity index (χ0v) is 17.4. The zero-order valence-electron chi connectivity index (χ0n) is 17.4. The van der Waals surface area contributed by atoms with Crippen LogP contribution in [0.25, 0.3) is 10.9 Å². The minimum absolute atomic E-state index is 0.0117. The second-order valence-electron chi connectivity index (χ2n) is 8.61. The van der Waals surface area contributed by atoms with E-state index in [1.807, 2.05) is 17.0 Å². The molecular weight excluding hydrogens is 398 g/mol. The van der Waals surface area contributed by atoms with Crippen molar-refractivity contribution in [1.29, 1.82) is 0 Å². The van der Waals surface area contributed by atoms with E-state index in [0.29, 0.717) is 30.2 Å². The molecule has 3 heterocycles. The van der Waals surface area contributed by atoms with Crippen LogP contribution < -0.4 is 0 Å². The van der Waals surface area contributed by atoms with Gasteiger partial charge in [-0.3, -0.25) is 9.48 Å². The van der Waals surface area contributed by atoms with Gasteiger partial charge in [0.25, 0.3) is 5.91 Å². The molecule has 3 aromatic rings. The Morgan fingerprint density at radius 1 is 1.00 bits per heavy atom. The Hall–Kier alpha value is -2.80. The lowest BCUT2D eigenvalue weighted by Crippen LogP contribution is -2.45. The Kier molecular flexibility index (Phi) is 5.44. The number of aromatic nitrogens is 2. The SMILES string of the molecule is O=C1c2c3ccc(F)cc3nn2CCN1CC1CCN(CCc2ccccc2F)CC1. The molecule has 1 amide bonds. The van der Waals surface area contributed by atoms with Gasteiger partial charge in [-0.05, 0) is 62.0 Å². The second kappa shape index (κ2) is 8.38. The fraction of sp³-hybridized carbons (Fsp3) is 0.417. The minimum Gasteiger partial charge on any atom is -0.335 e. The predicted molar refractivity (Wildman–Crippen MR) is 115 cm³/mol. The summed E-state index contributed by atoms with van der Waals surface area (Å²) in [6.45, 7) is 4.82. The quantitative estimate of drug-likeness (QED) is 0.627. The molecule has 0 radical (unpaired) electrons. The predicted octanol–water partition coefficient (Wildman–Crippen LogP) is 3.73. The van der Waals surface area contributed by atoms with Gasteiger partial charge in [0.15, 0.2) is 0 Å². The zero-order chi connectivity index (χ0) is 21.4. The molecule has 0 N–H and O–H groups in total. The van der Waals surface area contributed by atoms with Crippen molar-refractivity contribution in [1.82, 2.24) is 19.6 Å². The van der Waals surface area contributed by atoms with E-state index >= 15 is 0 Å². The van der Waals surface area contributed by atoms with Crippen LogP contribution in [0.4, 0.5) is 8.78 Å². The third-order valence-corrected chi connectivity index (χ3v) is 6.61. The number of piperidine rings is 1. The highest BCUT2D eigenvalue weighted by atomic mass is 19.1. The van der Waals surface area contributed by atoms with Crippen LogP contribution in [0.3, 0.4) is 0 Å². The lowest BCUT2D eigenvalue weighted by atomic mass is 9.95. The molecule has 0 atom stereocenters. The Morgan fingerprint density at radius 2 is 1.81 bits per heavy atom. The summed E-state index contributed by atoms with van der Waals surface area (Å²) in [5, 5.41) is 5.12. The van der Waals surface area contributed by atoms with Crippen LogP contribution in [0.1, 0.15) is 28.9 Å². The molecule has 1 saturated heterocycles. The van der Waals surface area contributed by atoms with Crippen molar-refractivity contribution in [2.75, 3.05) is 32.7 Å². The highest BCUT2D eigenvalue weighted by molar-refractivity contribution is 6.05. The van der Waals surface area contributed by atoms with Gasteiger partial charge in [0.2, 0.25) is 0 Å². The fourth-order valence-electron chi connectivity index (χ4n) is 4.82. The van der Waals surface area contributed by atoms with Gasteiger partial charge in [-0.2, -0.15) is 5.10 Å². The van der Waals surface area contributed by atoms with E-state index in [9.17, 15) is 13.6 Å². The van der Waals surface area contributed by atoms with Crippen molar-refractivity contribution < 1.29 is 13.6 Å². The van der Waals surface area contributed by atoms with Crippen molar-refractivity contribution in [3.8, 4) is 0 Å². The number of carbonyl (C=O) groups is 1. The van der Waals surface area contributed by atoms with Crippen molar-refractivity contribution in [3.63, 3.8) is 0 Å². The largest absolute Gasteiger partial charge is 0.335 e. The summed E-state index contributed by atoms with van der Waals surface area (Å²) < 4.78 is 29.1. The number of hydrogen-bond acceptors (Lipinski definition) is 3. The van der Waals surface area contributed by atoms with Gasteiger partial charge in [0.1, 0.15) is 17.3 Å². The molecule has 0 spiro atoms. The Labute approximate surface area is 180 Å². The van der Waals surface area contributed by atoms with Gasteiger partial charge in [0, 0.05) is 31.1 Å². The molecule has 0 saturated carbocycles. The number of fused-ring (bicyclic) bond motifs is 3. The number of hydrogen-bond donors (Lipinski definition) is 0. The maximum Gasteiger partial charge on any atom is 0.272 e. The molecule has 1 aromatic heterocycles. The maximum atomic E-state index is 13.8. The van der Waals surface area contributed by atoms with Gasteiger partial charge in [-0.15, -0.1) is 0 Å². The molecule has 0 bridgehead atoms. The minimum atomic E-state index is -0.339. The third-order valence-electron chi connectivity index (χ3n) is 6.61. The van der Waals surface area contributed by atoms with Crippen molar-refractivity contribution >= 4 is 16.8 Å². The summed E-state index contributed by atoms with van der Waals surface area (Å²) in [5.74, 6) is -0.0151. The first kappa shape index (κ1) is 20.1. The van der Waals surface area contributed by atoms with Gasteiger partial charge < -0.3 is 9.80 Å². The second-order valence-corrected chi connectivity index (χ2v) is 8.61. The molecule has 162 valence electrons. The first-order chi connectivity index (χ1) is 15.1. The molecule has 2 aliphatic heterocycles. The van der Waals surface area contributed by atoms with Crippen molar-refractivity contribution in [2.45, 2.75) is 25.8 Å². The topological polar surface area (TPSA) is 41.4 Å². The lowest BCUT2D eigenvalue weighted by molar-refractivity contribution is 0.0630. The molecule has 1 fully saturated rings. The number of rotatable bonds is 5. The Balaban J connectivity index is 1.17. The molecule has 7 heteroatoms. The van der Waals surface area contributed by atoms with E-state index in [2.05, 4.69) is 10.00 Å². The molecule has 0 aliphatic carbocycles. The average molecular weight is 424 g/mol. The normalized spacial score (nSPS) is 18.0. The molecule has 2 aromatic carbocycles. The van der Waals surface area contributed by atoms with Gasteiger partial charge in [0.05, 0.1) is 12.1 Å². The van der Waals surface area contributed by atoms with Crippen LogP contribution in [0.2, 0.25) is 0 Å². The fourth-order valence-corrected chi connectivity index (χ4v) is 4.82. The molecular formula is C24H26F2N4O. The number of halogens is 2. The van der Waals surface area contributed by atoms with E-state index in [1.165, 1.54) is 18.2 Å². The number of benzene rings is 2. The summed E-state index contributed by atoms with van der Waals surface area (Å²) in [6.07, 6.45) is 2.79. The molecule has 5 nitrogen and oxygen atoms in total. The van der Waals surface area contributed by atoms with E-state index in [-0.39, 0.29) is 17.5 Å². The van der Waals surface area contributed by atoms with Crippen LogP contribution in [0.5, 0.6) is 0 Å². The van der Waals surface area contributed by atoms with E-state index in [4.69, 9.17) is 0 Å². The van der Waals surface area contributed by atoms with E-state index < -0.39 is 0 Å². The first-order valence-corrected chi connectivity index (χ1v) is 11.0. The average Bonchev–Trinajstić information content (AvgIpc) is 3.14. The number of likely N-dealkylation sites (tertiary alicyclic amines) is 1. The van der Waals surface area contributed by atoms with Crippen LogP contribution in [-0.2, 0) is 13.0 Å². The summed E-state index contributed by atoms with van der Waals surface area (Å²) in [4.78, 5) is 17.4. The monoisotopic (exact) mass is 424 g/mol. The maximum absolute atomic E-state index is 13.8. The highest BCUT2D eigenvalue weighted by Crippen LogP contribution is 2.26. The van der Waals surface area contributed by atoms with Crippen LogP contribution in [0, 0.1) is 17.6 Å². The van der Waals surface area contributed by atoms with Crippen LogP contribution >= 0.6 is 0 Å². The standard InChI is InChI=1S/C24H26F2N4O/c25-19-5-6-20-22(15-19)27-30-14-13-29(24(31)23(20)30)16-17-7-10-28(11-8-17)12-9-18-3-1-2-4-21(18)26/h1-6,15,17H,7-14,16H2. The number of carbonyl (C=O) groups excluding carboxylic acids is 1. The third kappa shape index (κ3) is 4.06. The Bertz CT molecular complexity index is 1100. The van der Waals surface area contributed by atoms with Gasteiger partial charge >= 0.3 is 0 Å². The van der Waals surface area contributed by atoms with E-state index in [0.717, 1.165) is 56.4 Å². The molecule has 2 aliphatic rings. The van der Waals surface area contributed by atoms with Gasteiger partial charge in [-0.1, -0.05) is 18.2 Å². The number of nitrogens with zero attached hydrogens (tertiary/aromatic N) is 4. The molecule has 5 rings (SSSR count). The van der Waals surface area contributed by atoms with Gasteiger partial charge in [-0.25, -0.2) is 8.78 Å². The highest BCUT2D eigenvalue weighted by Gasteiger charge is 2.31. The van der Waals surface area contributed by atoms with Crippen molar-refractivity contribution in [2.24, 2.45) is 5.92 Å². The van der Waals surface area contributed by atoms with Crippen LogP contribution in [-0.4, -0.2) is 58.2 Å². The first-order valence-electron chi connectivity index (χ1n) is 11.0. The smallest absolute Gasteiger partial charge is 0.272 e. The summed E-state index contributed by atoms with van der Waals surface area (Å²) in [6, 6.07) is 11.4. The summed E-state index contributed by atoms with van der Waals surface area (Å²) >= 11 is 0. The lowest BCUT2D eigenvalue weighted by Gasteiger charge is -2.36. The summed E-state index contributed by atoms with van der Waals surface area (Å²) in [5.41, 5.74) is 1.88. The molecule has 31 heavy (non-hydrogen) atoms. The Morgan fingerprint density at radius 3 is 2.61 bits per heavy atom.